The fourth-order valence-electron chi connectivity index (χ4n) is 2.43. The first-order chi connectivity index (χ1) is 9.43. The first kappa shape index (κ1) is 15.8. The molecule has 1 aliphatic rings. The van der Waals surface area contributed by atoms with Gasteiger partial charge in [0.2, 0.25) is 0 Å². The zero-order valence-corrected chi connectivity index (χ0v) is 13.4. The number of aryl methyl sites for hydroxylation is 1. The Kier molecular flexibility index (Phi) is 4.79. The van der Waals surface area contributed by atoms with Crippen LogP contribution in [0.2, 0.25) is 0 Å². The van der Waals surface area contributed by atoms with E-state index in [1.165, 1.54) is 26.0 Å². The van der Waals surface area contributed by atoms with Crippen molar-refractivity contribution in [2.45, 2.75) is 17.8 Å². The summed E-state index contributed by atoms with van der Waals surface area (Å²) in [7, 11) is 2.59. The van der Waals surface area contributed by atoms with Gasteiger partial charge in [0.05, 0.1) is 14.2 Å². The van der Waals surface area contributed by atoms with E-state index in [-0.39, 0.29) is 16.7 Å². The minimum Gasteiger partial charge on any atom is -0.493 e. The molecule has 1 atom stereocenters. The first-order valence-corrected chi connectivity index (χ1v) is 8.13. The molecule has 0 saturated heterocycles. The normalized spacial score (nSPS) is 18.6. The summed E-state index contributed by atoms with van der Waals surface area (Å²) < 4.78 is 50.5. The first-order valence-electron chi connectivity index (χ1n) is 5.96. The third-order valence-corrected chi connectivity index (χ3v) is 5.55. The van der Waals surface area contributed by atoms with Crippen LogP contribution < -0.4 is 9.47 Å². The molecule has 1 aliphatic heterocycles. The molecule has 2 rings (SSSR count). The summed E-state index contributed by atoms with van der Waals surface area (Å²) in [5.74, 6) is 0.710. The van der Waals surface area contributed by atoms with E-state index in [0.717, 1.165) is 5.75 Å². The monoisotopic (exact) mass is 370 g/mol. The number of hydrogen-bond acceptors (Lipinski definition) is 3. The van der Waals surface area contributed by atoms with E-state index in [4.69, 9.17) is 9.47 Å². The Hall–Kier alpha value is -0.560. The number of alkyl halides is 4. The lowest BCUT2D eigenvalue weighted by atomic mass is 9.94. The largest absolute Gasteiger partial charge is 0.493 e. The van der Waals surface area contributed by atoms with Crippen molar-refractivity contribution in [3.8, 4) is 11.5 Å². The molecule has 0 saturated carbocycles. The Bertz CT molecular complexity index is 505. The summed E-state index contributed by atoms with van der Waals surface area (Å²) in [6.07, 6.45) is -3.87. The third-order valence-electron chi connectivity index (χ3n) is 3.23. The summed E-state index contributed by atoms with van der Waals surface area (Å²) >= 11 is 4.83. The van der Waals surface area contributed by atoms with Crippen molar-refractivity contribution in [2.24, 2.45) is 0 Å². The molecule has 7 heteroatoms. The summed E-state index contributed by atoms with van der Waals surface area (Å²) in [6, 6.07) is 1.67. The number of hydrogen-bond donors (Lipinski definition) is 0. The quantitative estimate of drug-likeness (QED) is 0.732. The Morgan fingerprint density at radius 3 is 2.55 bits per heavy atom. The van der Waals surface area contributed by atoms with E-state index >= 15 is 0 Å². The van der Waals surface area contributed by atoms with Crippen LogP contribution in [0, 0.1) is 0 Å². The summed E-state index contributed by atoms with van der Waals surface area (Å²) in [5.41, 5.74) is 0.312. The minimum absolute atomic E-state index is 0.138. The fraction of sp³-hybridized carbons (Fsp3) is 0.538. The number of thioether (sulfide) groups is 1. The van der Waals surface area contributed by atoms with Crippen molar-refractivity contribution in [1.82, 2.24) is 0 Å². The number of fused-ring (bicyclic) bond motifs is 1. The van der Waals surface area contributed by atoms with Gasteiger partial charge >= 0.3 is 6.18 Å². The number of ether oxygens (including phenoxy) is 2. The van der Waals surface area contributed by atoms with Gasteiger partial charge in [-0.25, -0.2) is 0 Å². The van der Waals surface area contributed by atoms with Crippen molar-refractivity contribution in [2.75, 3.05) is 25.3 Å². The Labute approximate surface area is 128 Å². The lowest BCUT2D eigenvalue weighted by Crippen LogP contribution is -2.19. The van der Waals surface area contributed by atoms with Gasteiger partial charge in [-0.1, -0.05) is 15.9 Å². The van der Waals surface area contributed by atoms with Gasteiger partial charge < -0.3 is 9.47 Å². The van der Waals surface area contributed by atoms with E-state index < -0.39 is 11.7 Å². The predicted octanol–water partition coefficient (Wildman–Crippen LogP) is 4.45. The topological polar surface area (TPSA) is 18.5 Å². The van der Waals surface area contributed by atoms with Crippen LogP contribution in [0.3, 0.4) is 0 Å². The van der Waals surface area contributed by atoms with Crippen LogP contribution >= 0.6 is 27.7 Å². The molecule has 0 amide bonds. The van der Waals surface area contributed by atoms with Crippen molar-refractivity contribution in [3.05, 3.63) is 22.8 Å². The lowest BCUT2D eigenvalue weighted by Gasteiger charge is -2.29. The highest BCUT2D eigenvalue weighted by atomic mass is 79.9. The van der Waals surface area contributed by atoms with E-state index in [1.807, 2.05) is 0 Å². The van der Waals surface area contributed by atoms with Gasteiger partial charge in [0, 0.05) is 10.6 Å². The third kappa shape index (κ3) is 2.74. The molecule has 0 aliphatic carbocycles. The van der Waals surface area contributed by atoms with E-state index in [9.17, 15) is 13.2 Å². The van der Waals surface area contributed by atoms with Gasteiger partial charge in [0.1, 0.15) is 5.56 Å². The fourth-order valence-corrected chi connectivity index (χ4v) is 4.47. The molecular formula is C13H14BrF3O2S. The number of benzene rings is 1. The van der Waals surface area contributed by atoms with Gasteiger partial charge in [-0.15, -0.1) is 0 Å². The van der Waals surface area contributed by atoms with E-state index in [2.05, 4.69) is 15.9 Å². The molecule has 2 nitrogen and oxygen atoms in total. The molecule has 0 bridgehead atoms. The molecule has 1 aromatic rings. The average molecular weight is 371 g/mol. The molecule has 0 spiro atoms. The van der Waals surface area contributed by atoms with Gasteiger partial charge in [0.25, 0.3) is 0 Å². The van der Waals surface area contributed by atoms with Crippen LogP contribution in [0.25, 0.3) is 0 Å². The second-order valence-corrected chi connectivity index (χ2v) is 6.28. The molecule has 0 fully saturated rings. The maximum absolute atomic E-state index is 13.5. The molecule has 112 valence electrons. The van der Waals surface area contributed by atoms with Gasteiger partial charge in [-0.2, -0.15) is 24.9 Å². The zero-order chi connectivity index (χ0) is 14.9. The van der Waals surface area contributed by atoms with Crippen molar-refractivity contribution < 1.29 is 22.6 Å². The van der Waals surface area contributed by atoms with Crippen LogP contribution in [0.4, 0.5) is 13.2 Å². The van der Waals surface area contributed by atoms with Crippen molar-refractivity contribution in [3.63, 3.8) is 0 Å². The second kappa shape index (κ2) is 6.05. The van der Waals surface area contributed by atoms with Gasteiger partial charge in [-0.05, 0) is 29.4 Å². The predicted molar refractivity (Wildman–Crippen MR) is 77.2 cm³/mol. The minimum atomic E-state index is -4.47. The smallest absolute Gasteiger partial charge is 0.420 e. The van der Waals surface area contributed by atoms with Gasteiger partial charge in [-0.3, -0.25) is 0 Å². The van der Waals surface area contributed by atoms with Crippen LogP contribution in [0.1, 0.15) is 21.9 Å². The standard InChI is InChI=1S/C13H14BrF3O2S/c1-18-8-5-7-3-4-20-9(6-14)10(7)11(12(8)19-2)13(15,16)17/h5,9H,3-4,6H2,1-2H3. The van der Waals surface area contributed by atoms with Crippen LogP contribution in [0.5, 0.6) is 11.5 Å². The average Bonchev–Trinajstić information content (AvgIpc) is 2.43. The van der Waals surface area contributed by atoms with Crippen molar-refractivity contribution >= 4 is 27.7 Å². The van der Waals surface area contributed by atoms with Gasteiger partial charge in [0.15, 0.2) is 11.5 Å². The highest BCUT2D eigenvalue weighted by Gasteiger charge is 2.42. The summed E-state index contributed by atoms with van der Waals surface area (Å²) in [6.45, 7) is 0. The van der Waals surface area contributed by atoms with E-state index in [1.54, 1.807) is 6.07 Å². The molecule has 0 aromatic heterocycles. The molecule has 20 heavy (non-hydrogen) atoms. The maximum atomic E-state index is 13.5. The molecule has 1 aromatic carbocycles. The Morgan fingerprint density at radius 2 is 2.05 bits per heavy atom. The van der Waals surface area contributed by atoms with Crippen LogP contribution in [-0.2, 0) is 12.6 Å². The van der Waals surface area contributed by atoms with Crippen LogP contribution in [-0.4, -0.2) is 25.3 Å². The summed E-state index contributed by atoms with van der Waals surface area (Å²) in [5, 5.41) is 0.249. The number of halogens is 4. The zero-order valence-electron chi connectivity index (χ0n) is 11.0. The Balaban J connectivity index is 2.77. The highest BCUT2D eigenvalue weighted by Crippen LogP contribution is 2.51. The molecule has 1 heterocycles. The number of rotatable bonds is 3. The molecular weight excluding hydrogens is 357 g/mol. The second-order valence-electron chi connectivity index (χ2n) is 4.32. The molecule has 0 radical (unpaired) electrons. The highest BCUT2D eigenvalue weighted by molar-refractivity contribution is 9.09. The van der Waals surface area contributed by atoms with Crippen molar-refractivity contribution in [1.29, 1.82) is 0 Å². The Morgan fingerprint density at radius 1 is 1.35 bits per heavy atom. The SMILES string of the molecule is COc1cc2c(c(C(F)(F)F)c1OC)C(CBr)SCC2. The number of methoxy groups -OCH3 is 2. The van der Waals surface area contributed by atoms with E-state index in [0.29, 0.717) is 22.9 Å². The molecule has 1 unspecified atom stereocenters. The lowest BCUT2D eigenvalue weighted by molar-refractivity contribution is -0.139. The molecule has 0 N–H and O–H groups in total. The maximum Gasteiger partial charge on any atom is 0.420 e. The summed E-state index contributed by atoms with van der Waals surface area (Å²) in [4.78, 5) is 0. The van der Waals surface area contributed by atoms with Crippen LogP contribution in [0.15, 0.2) is 6.07 Å².